The number of aryl methyl sites for hydroxylation is 2. The highest BCUT2D eigenvalue weighted by Crippen LogP contribution is 2.23. The SMILES string of the molecule is CCCC(I)CCCc1ccc(C(=O)Oc2ccc(C)c(F)c2F)cc1. The molecular weight excluding hydrogens is 449 g/mol. The number of carbonyl (C=O) groups is 1. The van der Waals surface area contributed by atoms with E-state index in [0.29, 0.717) is 9.49 Å². The lowest BCUT2D eigenvalue weighted by atomic mass is 10.0. The van der Waals surface area contributed by atoms with E-state index in [4.69, 9.17) is 4.74 Å². The van der Waals surface area contributed by atoms with Gasteiger partial charge in [-0.1, -0.05) is 54.1 Å². The minimum Gasteiger partial charge on any atom is -0.420 e. The summed E-state index contributed by atoms with van der Waals surface area (Å²) in [5, 5.41) is 0. The normalized spacial score (nSPS) is 12.0. The maximum atomic E-state index is 13.8. The van der Waals surface area contributed by atoms with Crippen molar-refractivity contribution < 1.29 is 18.3 Å². The molecule has 26 heavy (non-hydrogen) atoms. The van der Waals surface area contributed by atoms with Gasteiger partial charge in [0.05, 0.1) is 5.56 Å². The van der Waals surface area contributed by atoms with E-state index in [2.05, 4.69) is 29.5 Å². The van der Waals surface area contributed by atoms with Crippen molar-refractivity contribution >= 4 is 28.6 Å². The lowest BCUT2D eigenvalue weighted by Crippen LogP contribution is -2.10. The van der Waals surface area contributed by atoms with E-state index >= 15 is 0 Å². The molecule has 1 unspecified atom stereocenters. The van der Waals surface area contributed by atoms with Crippen LogP contribution < -0.4 is 4.74 Å². The van der Waals surface area contributed by atoms with Crippen LogP contribution in [-0.2, 0) is 6.42 Å². The Morgan fingerprint density at radius 2 is 1.77 bits per heavy atom. The monoisotopic (exact) mass is 472 g/mol. The van der Waals surface area contributed by atoms with Crippen LogP contribution in [0.3, 0.4) is 0 Å². The number of benzene rings is 2. The summed E-state index contributed by atoms with van der Waals surface area (Å²) in [5.74, 6) is -3.24. The molecule has 140 valence electrons. The summed E-state index contributed by atoms with van der Waals surface area (Å²) in [5.41, 5.74) is 1.63. The van der Waals surface area contributed by atoms with Crippen LogP contribution in [0.15, 0.2) is 36.4 Å². The average molecular weight is 472 g/mol. The molecule has 0 fully saturated rings. The molecule has 0 bridgehead atoms. The smallest absolute Gasteiger partial charge is 0.343 e. The molecule has 2 rings (SSSR count). The Morgan fingerprint density at radius 1 is 1.08 bits per heavy atom. The third kappa shape index (κ3) is 5.76. The van der Waals surface area contributed by atoms with Crippen molar-refractivity contribution in [2.24, 2.45) is 0 Å². The molecule has 1 atom stereocenters. The van der Waals surface area contributed by atoms with Gasteiger partial charge in [-0.3, -0.25) is 0 Å². The second-order valence-electron chi connectivity index (χ2n) is 6.37. The fourth-order valence-electron chi connectivity index (χ4n) is 2.66. The number of alkyl halides is 1. The zero-order valence-corrected chi connectivity index (χ0v) is 17.2. The van der Waals surface area contributed by atoms with Crippen LogP contribution in [0.5, 0.6) is 5.75 Å². The fraction of sp³-hybridized carbons (Fsp3) is 0.381. The summed E-state index contributed by atoms with van der Waals surface area (Å²) in [6, 6.07) is 9.72. The first kappa shape index (κ1) is 20.8. The van der Waals surface area contributed by atoms with Gasteiger partial charge < -0.3 is 4.74 Å². The molecule has 0 heterocycles. The number of rotatable bonds is 8. The zero-order chi connectivity index (χ0) is 19.1. The molecule has 5 heteroatoms. The summed E-state index contributed by atoms with van der Waals surface area (Å²) in [4.78, 5) is 12.1. The third-order valence-corrected chi connectivity index (χ3v) is 5.46. The molecule has 2 aromatic carbocycles. The van der Waals surface area contributed by atoms with Gasteiger partial charge in [0.15, 0.2) is 11.6 Å². The highest BCUT2D eigenvalue weighted by Gasteiger charge is 2.16. The zero-order valence-electron chi connectivity index (χ0n) is 15.0. The predicted octanol–water partition coefficient (Wildman–Crippen LogP) is 6.42. The van der Waals surface area contributed by atoms with Gasteiger partial charge >= 0.3 is 5.97 Å². The van der Waals surface area contributed by atoms with Crippen molar-refractivity contribution in [2.45, 2.75) is 49.9 Å². The molecule has 0 saturated heterocycles. The van der Waals surface area contributed by atoms with Crippen molar-refractivity contribution in [3.8, 4) is 5.75 Å². The van der Waals surface area contributed by atoms with Crippen molar-refractivity contribution in [2.75, 3.05) is 0 Å². The Kier molecular flexibility index (Phi) is 8.00. The molecule has 0 spiro atoms. The molecule has 2 nitrogen and oxygen atoms in total. The van der Waals surface area contributed by atoms with E-state index in [9.17, 15) is 13.6 Å². The topological polar surface area (TPSA) is 26.3 Å². The van der Waals surface area contributed by atoms with E-state index in [-0.39, 0.29) is 5.56 Å². The second kappa shape index (κ2) is 10.00. The number of esters is 1. The number of ether oxygens (including phenoxy) is 1. The van der Waals surface area contributed by atoms with Crippen LogP contribution in [-0.4, -0.2) is 9.89 Å². The Labute approximate surface area is 167 Å². The largest absolute Gasteiger partial charge is 0.420 e. The van der Waals surface area contributed by atoms with Crippen LogP contribution >= 0.6 is 22.6 Å². The minimum absolute atomic E-state index is 0.166. The quantitative estimate of drug-likeness (QED) is 0.192. The average Bonchev–Trinajstić information content (AvgIpc) is 2.63. The molecular formula is C21H23F2IO2. The maximum Gasteiger partial charge on any atom is 0.343 e. The first-order valence-corrected chi connectivity index (χ1v) is 10.1. The Bertz CT molecular complexity index is 744. The Morgan fingerprint density at radius 3 is 2.42 bits per heavy atom. The molecule has 2 aromatic rings. The van der Waals surface area contributed by atoms with Crippen LogP contribution in [0, 0.1) is 18.6 Å². The maximum absolute atomic E-state index is 13.8. The summed E-state index contributed by atoms with van der Waals surface area (Å²) in [6.45, 7) is 3.64. The van der Waals surface area contributed by atoms with Gasteiger partial charge in [-0.15, -0.1) is 0 Å². The van der Waals surface area contributed by atoms with Gasteiger partial charge in [0.1, 0.15) is 0 Å². The Balaban J connectivity index is 1.93. The summed E-state index contributed by atoms with van der Waals surface area (Å²) in [7, 11) is 0. The highest BCUT2D eigenvalue weighted by molar-refractivity contribution is 14.1. The Hall–Kier alpha value is -1.50. The van der Waals surface area contributed by atoms with Gasteiger partial charge in [0.2, 0.25) is 5.82 Å². The summed E-state index contributed by atoms with van der Waals surface area (Å²) >= 11 is 2.50. The van der Waals surface area contributed by atoms with Gasteiger partial charge in [0.25, 0.3) is 0 Å². The standard InChI is InChI=1S/C21H23F2IO2/c1-3-5-17(24)7-4-6-15-9-11-16(12-10-15)21(25)26-18-13-8-14(2)19(22)20(18)23/h8-13,17H,3-7H2,1-2H3. The van der Waals surface area contributed by atoms with Crippen LogP contribution in [0.4, 0.5) is 8.78 Å². The van der Waals surface area contributed by atoms with E-state index in [1.54, 1.807) is 12.1 Å². The molecule has 0 aliphatic carbocycles. The van der Waals surface area contributed by atoms with Crippen LogP contribution in [0.2, 0.25) is 0 Å². The van der Waals surface area contributed by atoms with Crippen LogP contribution in [0.25, 0.3) is 0 Å². The van der Waals surface area contributed by atoms with E-state index in [0.717, 1.165) is 18.4 Å². The highest BCUT2D eigenvalue weighted by atomic mass is 127. The number of carbonyl (C=O) groups excluding carboxylic acids is 1. The third-order valence-electron chi connectivity index (χ3n) is 4.22. The molecule has 0 aliphatic rings. The lowest BCUT2D eigenvalue weighted by Gasteiger charge is -2.09. The first-order valence-electron chi connectivity index (χ1n) is 8.82. The summed E-state index contributed by atoms with van der Waals surface area (Å²) in [6.07, 6.45) is 5.68. The first-order chi connectivity index (χ1) is 12.4. The molecule has 0 radical (unpaired) electrons. The van der Waals surface area contributed by atoms with Gasteiger partial charge in [-0.05, 0) is 61.9 Å². The van der Waals surface area contributed by atoms with E-state index < -0.39 is 23.4 Å². The van der Waals surface area contributed by atoms with E-state index in [1.165, 1.54) is 38.3 Å². The lowest BCUT2D eigenvalue weighted by molar-refractivity contribution is 0.0726. The van der Waals surface area contributed by atoms with Gasteiger partial charge in [0, 0.05) is 3.92 Å². The number of hydrogen-bond acceptors (Lipinski definition) is 2. The number of halogens is 3. The van der Waals surface area contributed by atoms with Crippen molar-refractivity contribution in [3.05, 3.63) is 64.7 Å². The van der Waals surface area contributed by atoms with E-state index in [1.807, 2.05) is 12.1 Å². The molecule has 0 aliphatic heterocycles. The van der Waals surface area contributed by atoms with Crippen LogP contribution in [0.1, 0.15) is 54.1 Å². The van der Waals surface area contributed by atoms with Crippen molar-refractivity contribution in [1.82, 2.24) is 0 Å². The van der Waals surface area contributed by atoms with Gasteiger partial charge in [-0.2, -0.15) is 4.39 Å². The summed E-state index contributed by atoms with van der Waals surface area (Å²) < 4.78 is 33.1. The van der Waals surface area contributed by atoms with Gasteiger partial charge in [-0.25, -0.2) is 9.18 Å². The molecule has 0 N–H and O–H groups in total. The molecule has 0 aromatic heterocycles. The number of hydrogen-bond donors (Lipinski definition) is 0. The van der Waals surface area contributed by atoms with Crippen molar-refractivity contribution in [1.29, 1.82) is 0 Å². The fourth-order valence-corrected chi connectivity index (χ4v) is 3.72. The second-order valence-corrected chi connectivity index (χ2v) is 8.13. The predicted molar refractivity (Wildman–Crippen MR) is 108 cm³/mol. The minimum atomic E-state index is -1.14. The van der Waals surface area contributed by atoms with Crippen molar-refractivity contribution in [3.63, 3.8) is 0 Å². The molecule has 0 amide bonds. The molecule has 0 saturated carbocycles.